The highest BCUT2D eigenvalue weighted by molar-refractivity contribution is 5.81. The van der Waals surface area contributed by atoms with Gasteiger partial charge in [-0.05, 0) is 19.9 Å². The SMILES string of the molecule is C/C=C/CN1CCCC(=O)C1. The molecule has 0 N–H and O–H groups in total. The molecule has 0 aromatic rings. The third-order valence-electron chi connectivity index (χ3n) is 1.93. The van der Waals surface area contributed by atoms with Gasteiger partial charge in [0.1, 0.15) is 5.78 Å². The molecule has 0 unspecified atom stereocenters. The van der Waals surface area contributed by atoms with E-state index in [-0.39, 0.29) is 0 Å². The average molecular weight is 153 g/mol. The lowest BCUT2D eigenvalue weighted by molar-refractivity contribution is -0.121. The van der Waals surface area contributed by atoms with Gasteiger partial charge >= 0.3 is 0 Å². The summed E-state index contributed by atoms with van der Waals surface area (Å²) in [5.41, 5.74) is 0. The van der Waals surface area contributed by atoms with E-state index in [4.69, 9.17) is 0 Å². The molecule has 1 rings (SSSR count). The fraction of sp³-hybridized carbons (Fsp3) is 0.667. The van der Waals surface area contributed by atoms with Crippen molar-refractivity contribution in [3.8, 4) is 0 Å². The van der Waals surface area contributed by atoms with Gasteiger partial charge in [-0.15, -0.1) is 0 Å². The van der Waals surface area contributed by atoms with Crippen LogP contribution < -0.4 is 0 Å². The van der Waals surface area contributed by atoms with Gasteiger partial charge in [0.05, 0.1) is 6.54 Å². The molecule has 1 heterocycles. The van der Waals surface area contributed by atoms with E-state index in [1.165, 1.54) is 0 Å². The summed E-state index contributed by atoms with van der Waals surface area (Å²) >= 11 is 0. The highest BCUT2D eigenvalue weighted by atomic mass is 16.1. The Labute approximate surface area is 67.9 Å². The lowest BCUT2D eigenvalue weighted by Gasteiger charge is -2.23. The van der Waals surface area contributed by atoms with Crippen LogP contribution in [0.3, 0.4) is 0 Å². The molecule has 2 nitrogen and oxygen atoms in total. The summed E-state index contributed by atoms with van der Waals surface area (Å²) < 4.78 is 0. The third kappa shape index (κ3) is 2.85. The first-order valence-electron chi connectivity index (χ1n) is 4.18. The van der Waals surface area contributed by atoms with E-state index >= 15 is 0 Å². The molecule has 0 spiro atoms. The number of allylic oxidation sites excluding steroid dienone is 1. The summed E-state index contributed by atoms with van der Waals surface area (Å²) in [6.45, 7) is 4.68. The summed E-state index contributed by atoms with van der Waals surface area (Å²) in [7, 11) is 0. The first-order chi connectivity index (χ1) is 5.33. The number of hydrogen-bond donors (Lipinski definition) is 0. The maximum atomic E-state index is 11.0. The van der Waals surface area contributed by atoms with Gasteiger partial charge in [0.15, 0.2) is 0 Å². The molecule has 0 atom stereocenters. The highest BCUT2D eigenvalue weighted by Crippen LogP contribution is 2.04. The topological polar surface area (TPSA) is 20.3 Å². The zero-order chi connectivity index (χ0) is 8.10. The van der Waals surface area contributed by atoms with Gasteiger partial charge in [-0.25, -0.2) is 0 Å². The van der Waals surface area contributed by atoms with Gasteiger partial charge in [-0.2, -0.15) is 0 Å². The number of carbonyl (C=O) groups is 1. The lowest BCUT2D eigenvalue weighted by atomic mass is 10.1. The molecule has 0 amide bonds. The lowest BCUT2D eigenvalue weighted by Crippen LogP contribution is -2.35. The van der Waals surface area contributed by atoms with Gasteiger partial charge in [0.2, 0.25) is 0 Å². The van der Waals surface area contributed by atoms with Gasteiger partial charge in [0.25, 0.3) is 0 Å². The summed E-state index contributed by atoms with van der Waals surface area (Å²) in [4.78, 5) is 13.2. The van der Waals surface area contributed by atoms with Crippen LogP contribution in [0.4, 0.5) is 0 Å². The maximum absolute atomic E-state index is 11.0. The molecule has 0 saturated carbocycles. The summed E-state index contributed by atoms with van der Waals surface area (Å²) in [5, 5.41) is 0. The fourth-order valence-corrected chi connectivity index (χ4v) is 1.32. The molecule has 1 fully saturated rings. The fourth-order valence-electron chi connectivity index (χ4n) is 1.32. The van der Waals surface area contributed by atoms with Crippen molar-refractivity contribution >= 4 is 5.78 Å². The Morgan fingerprint density at radius 3 is 3.09 bits per heavy atom. The Morgan fingerprint density at radius 1 is 1.64 bits per heavy atom. The zero-order valence-corrected chi connectivity index (χ0v) is 7.05. The molecular weight excluding hydrogens is 138 g/mol. The second-order valence-electron chi connectivity index (χ2n) is 2.95. The van der Waals surface area contributed by atoms with Crippen LogP contribution in [0.5, 0.6) is 0 Å². The number of piperidine rings is 1. The van der Waals surface area contributed by atoms with Crippen molar-refractivity contribution in [2.75, 3.05) is 19.6 Å². The molecule has 0 aromatic carbocycles. The molecule has 0 radical (unpaired) electrons. The molecule has 0 aromatic heterocycles. The number of rotatable bonds is 2. The minimum absolute atomic E-state index is 0.390. The molecular formula is C9H15NO. The molecule has 11 heavy (non-hydrogen) atoms. The van der Waals surface area contributed by atoms with Gasteiger partial charge in [-0.1, -0.05) is 12.2 Å². The normalized spacial score (nSPS) is 21.4. The van der Waals surface area contributed by atoms with Gasteiger partial charge < -0.3 is 0 Å². The van der Waals surface area contributed by atoms with Crippen LogP contribution in [-0.2, 0) is 4.79 Å². The predicted octanol–water partition coefficient (Wildman–Crippen LogP) is 1.23. The van der Waals surface area contributed by atoms with E-state index < -0.39 is 0 Å². The van der Waals surface area contributed by atoms with Crippen molar-refractivity contribution in [2.45, 2.75) is 19.8 Å². The van der Waals surface area contributed by atoms with Crippen molar-refractivity contribution < 1.29 is 4.79 Å². The monoisotopic (exact) mass is 153 g/mol. The predicted molar refractivity (Wildman–Crippen MR) is 45.5 cm³/mol. The van der Waals surface area contributed by atoms with Crippen LogP contribution in [-0.4, -0.2) is 30.3 Å². The summed E-state index contributed by atoms with van der Waals surface area (Å²) in [6, 6.07) is 0. The van der Waals surface area contributed by atoms with Crippen molar-refractivity contribution in [1.82, 2.24) is 4.90 Å². The molecule has 1 saturated heterocycles. The number of carbonyl (C=O) groups excluding carboxylic acids is 1. The van der Waals surface area contributed by atoms with Crippen LogP contribution >= 0.6 is 0 Å². The Morgan fingerprint density at radius 2 is 2.45 bits per heavy atom. The van der Waals surface area contributed by atoms with E-state index in [1.807, 2.05) is 13.0 Å². The molecule has 0 aliphatic carbocycles. The quantitative estimate of drug-likeness (QED) is 0.556. The number of hydrogen-bond acceptors (Lipinski definition) is 2. The maximum Gasteiger partial charge on any atom is 0.146 e. The molecule has 0 bridgehead atoms. The van der Waals surface area contributed by atoms with Crippen LogP contribution in [0.15, 0.2) is 12.2 Å². The first kappa shape index (κ1) is 8.47. The minimum Gasteiger partial charge on any atom is -0.298 e. The van der Waals surface area contributed by atoms with Gasteiger partial charge in [-0.3, -0.25) is 9.69 Å². The largest absolute Gasteiger partial charge is 0.298 e. The standard InChI is InChI=1S/C9H15NO/c1-2-3-6-10-7-4-5-9(11)8-10/h2-3H,4-8H2,1H3/b3-2+. The molecule has 1 aliphatic heterocycles. The summed E-state index contributed by atoms with van der Waals surface area (Å²) in [6.07, 6.45) is 5.94. The second-order valence-corrected chi connectivity index (χ2v) is 2.95. The van der Waals surface area contributed by atoms with Crippen LogP contribution in [0.2, 0.25) is 0 Å². The average Bonchev–Trinajstić information content (AvgIpc) is 2.01. The number of Topliss-reactive ketones (excluding diaryl/α,β-unsaturated/α-hetero) is 1. The number of nitrogens with zero attached hydrogens (tertiary/aromatic N) is 1. The highest BCUT2D eigenvalue weighted by Gasteiger charge is 2.14. The Hall–Kier alpha value is -0.630. The number of ketones is 1. The third-order valence-corrected chi connectivity index (χ3v) is 1.93. The smallest absolute Gasteiger partial charge is 0.146 e. The minimum atomic E-state index is 0.390. The van der Waals surface area contributed by atoms with Crippen molar-refractivity contribution in [3.05, 3.63) is 12.2 Å². The Kier molecular flexibility index (Phi) is 3.30. The van der Waals surface area contributed by atoms with E-state index in [2.05, 4.69) is 11.0 Å². The molecule has 2 heteroatoms. The zero-order valence-electron chi connectivity index (χ0n) is 7.05. The van der Waals surface area contributed by atoms with E-state index in [0.29, 0.717) is 12.3 Å². The summed E-state index contributed by atoms with van der Waals surface area (Å²) in [5.74, 6) is 0.390. The van der Waals surface area contributed by atoms with E-state index in [9.17, 15) is 4.79 Å². The Bertz CT molecular complexity index is 163. The van der Waals surface area contributed by atoms with Crippen LogP contribution in [0, 0.1) is 0 Å². The van der Waals surface area contributed by atoms with Gasteiger partial charge in [0, 0.05) is 13.0 Å². The Balaban J connectivity index is 2.28. The molecule has 62 valence electrons. The number of likely N-dealkylation sites (tertiary alicyclic amines) is 1. The van der Waals surface area contributed by atoms with Crippen molar-refractivity contribution in [3.63, 3.8) is 0 Å². The van der Waals surface area contributed by atoms with E-state index in [0.717, 1.165) is 25.9 Å². The first-order valence-corrected chi connectivity index (χ1v) is 4.18. The van der Waals surface area contributed by atoms with Crippen molar-refractivity contribution in [1.29, 1.82) is 0 Å². The van der Waals surface area contributed by atoms with Crippen LogP contribution in [0.25, 0.3) is 0 Å². The van der Waals surface area contributed by atoms with Crippen molar-refractivity contribution in [2.24, 2.45) is 0 Å². The second kappa shape index (κ2) is 4.29. The molecule has 1 aliphatic rings. The van der Waals surface area contributed by atoms with Crippen LogP contribution in [0.1, 0.15) is 19.8 Å². The van der Waals surface area contributed by atoms with E-state index in [1.54, 1.807) is 0 Å².